The lowest BCUT2D eigenvalue weighted by Crippen LogP contribution is -2.22. The molecule has 74 valence electrons. The maximum Gasteiger partial charge on any atom is 0.328 e. The van der Waals surface area contributed by atoms with Gasteiger partial charge in [-0.05, 0) is 0 Å². The second kappa shape index (κ2) is 3.26. The monoisotopic (exact) mass is 211 g/mol. The molecular weight excluding hydrogens is 202 g/mol. The Labute approximate surface area is 83.6 Å². The molecule has 14 heavy (non-hydrogen) atoms. The summed E-state index contributed by atoms with van der Waals surface area (Å²) in [6.45, 7) is 0.425. The van der Waals surface area contributed by atoms with E-state index in [1.807, 2.05) is 0 Å². The molecule has 2 aromatic rings. The molecule has 0 bridgehead atoms. The number of nitrogens with zero attached hydrogens (tertiary/aromatic N) is 4. The fourth-order valence-corrected chi connectivity index (χ4v) is 1.72. The summed E-state index contributed by atoms with van der Waals surface area (Å²) < 4.78 is 3.06. The van der Waals surface area contributed by atoms with Crippen molar-refractivity contribution in [2.24, 2.45) is 7.05 Å². The van der Waals surface area contributed by atoms with Crippen LogP contribution in [0.1, 0.15) is 5.01 Å². The zero-order valence-electron chi connectivity index (χ0n) is 7.54. The first-order chi connectivity index (χ1) is 6.66. The first-order valence-electron chi connectivity index (χ1n) is 3.96. The maximum absolute atomic E-state index is 11.4. The molecule has 0 saturated heterocycles. The molecule has 0 radical (unpaired) electrons. The van der Waals surface area contributed by atoms with Crippen LogP contribution in [0.15, 0.2) is 17.2 Å². The second-order valence-corrected chi connectivity index (χ2v) is 3.95. The molecule has 6 nitrogen and oxygen atoms in total. The van der Waals surface area contributed by atoms with Gasteiger partial charge < -0.3 is 10.3 Å². The van der Waals surface area contributed by atoms with Gasteiger partial charge in [0.05, 0.1) is 6.54 Å². The van der Waals surface area contributed by atoms with Gasteiger partial charge in [0.1, 0.15) is 5.01 Å². The lowest BCUT2D eigenvalue weighted by molar-refractivity contribution is 0.708. The van der Waals surface area contributed by atoms with Gasteiger partial charge >= 0.3 is 5.69 Å². The Morgan fingerprint density at radius 3 is 2.79 bits per heavy atom. The average Bonchev–Trinajstić information content (AvgIpc) is 2.67. The standard InChI is InChI=1S/C7H9N5OS/c1-11-2-3-12(7(11)13)4-5-9-10-6(8)14-5/h2-3H,4H2,1H3,(H2,8,10). The Morgan fingerprint density at radius 1 is 1.50 bits per heavy atom. The van der Waals surface area contributed by atoms with Crippen LogP contribution in [0.5, 0.6) is 0 Å². The van der Waals surface area contributed by atoms with Gasteiger partial charge in [0.15, 0.2) is 0 Å². The molecule has 2 N–H and O–H groups in total. The highest BCUT2D eigenvalue weighted by Gasteiger charge is 2.04. The fraction of sp³-hybridized carbons (Fsp3) is 0.286. The van der Waals surface area contributed by atoms with E-state index in [4.69, 9.17) is 5.73 Å². The summed E-state index contributed by atoms with van der Waals surface area (Å²) in [5.41, 5.74) is 5.36. The predicted molar refractivity (Wildman–Crippen MR) is 53.1 cm³/mol. The van der Waals surface area contributed by atoms with Crippen LogP contribution in [-0.4, -0.2) is 19.3 Å². The van der Waals surface area contributed by atoms with Crippen molar-refractivity contribution >= 4 is 16.5 Å². The van der Waals surface area contributed by atoms with E-state index in [0.717, 1.165) is 5.01 Å². The first-order valence-corrected chi connectivity index (χ1v) is 4.78. The Hall–Kier alpha value is -1.63. The van der Waals surface area contributed by atoms with Gasteiger partial charge in [0, 0.05) is 19.4 Å². The minimum atomic E-state index is -0.0706. The SMILES string of the molecule is Cn1ccn(Cc2nnc(N)s2)c1=O. The van der Waals surface area contributed by atoms with Gasteiger partial charge in [0.25, 0.3) is 0 Å². The van der Waals surface area contributed by atoms with Crippen molar-refractivity contribution in [2.75, 3.05) is 5.73 Å². The number of nitrogen functional groups attached to an aromatic ring is 1. The molecule has 0 fully saturated rings. The third-order valence-electron chi connectivity index (χ3n) is 1.81. The largest absolute Gasteiger partial charge is 0.374 e. The zero-order chi connectivity index (χ0) is 10.1. The van der Waals surface area contributed by atoms with Crippen LogP contribution in [0.25, 0.3) is 0 Å². The predicted octanol–water partition coefficient (Wildman–Crippen LogP) is -0.331. The topological polar surface area (TPSA) is 78.7 Å². The van der Waals surface area contributed by atoms with Crippen LogP contribution < -0.4 is 11.4 Å². The molecule has 0 atom stereocenters. The first kappa shape index (κ1) is 8.95. The minimum Gasteiger partial charge on any atom is -0.374 e. The van der Waals surface area contributed by atoms with Gasteiger partial charge in [-0.25, -0.2) is 4.79 Å². The van der Waals surface area contributed by atoms with Crippen molar-refractivity contribution in [2.45, 2.75) is 6.54 Å². The molecule has 0 aliphatic carbocycles. The number of imidazole rings is 1. The summed E-state index contributed by atoms with van der Waals surface area (Å²) >= 11 is 1.29. The molecule has 0 aliphatic rings. The van der Waals surface area contributed by atoms with Crippen molar-refractivity contribution in [3.05, 3.63) is 27.9 Å². The lowest BCUT2D eigenvalue weighted by Gasteiger charge is -1.94. The summed E-state index contributed by atoms with van der Waals surface area (Å²) in [6.07, 6.45) is 3.41. The average molecular weight is 211 g/mol. The highest BCUT2D eigenvalue weighted by atomic mass is 32.1. The van der Waals surface area contributed by atoms with Crippen LogP contribution in [0, 0.1) is 0 Å². The molecule has 2 aromatic heterocycles. The molecule has 0 unspecified atom stereocenters. The normalized spacial score (nSPS) is 10.6. The van der Waals surface area contributed by atoms with Crippen molar-refractivity contribution in [3.63, 3.8) is 0 Å². The maximum atomic E-state index is 11.4. The van der Waals surface area contributed by atoms with Crippen LogP contribution in [0.2, 0.25) is 0 Å². The molecule has 7 heteroatoms. The van der Waals surface area contributed by atoms with E-state index in [-0.39, 0.29) is 5.69 Å². The number of hydrogen-bond acceptors (Lipinski definition) is 5. The Morgan fingerprint density at radius 2 is 2.29 bits per heavy atom. The third kappa shape index (κ3) is 1.53. The smallest absolute Gasteiger partial charge is 0.328 e. The zero-order valence-corrected chi connectivity index (χ0v) is 8.36. The van der Waals surface area contributed by atoms with Gasteiger partial charge in [-0.3, -0.25) is 4.57 Å². The Kier molecular flexibility index (Phi) is 2.08. The molecule has 0 amide bonds. The van der Waals surface area contributed by atoms with Crippen LogP contribution >= 0.6 is 11.3 Å². The number of anilines is 1. The summed E-state index contributed by atoms with van der Waals surface area (Å²) in [4.78, 5) is 11.4. The highest BCUT2D eigenvalue weighted by molar-refractivity contribution is 7.15. The number of hydrogen-bond donors (Lipinski definition) is 1. The van der Waals surface area contributed by atoms with Crippen LogP contribution in [0.4, 0.5) is 5.13 Å². The Bertz CT molecular complexity index is 496. The van der Waals surface area contributed by atoms with E-state index in [1.54, 1.807) is 24.0 Å². The van der Waals surface area contributed by atoms with Crippen molar-refractivity contribution in [3.8, 4) is 0 Å². The van der Waals surface area contributed by atoms with E-state index < -0.39 is 0 Å². The highest BCUT2D eigenvalue weighted by Crippen LogP contribution is 2.11. The van der Waals surface area contributed by atoms with Crippen LogP contribution in [-0.2, 0) is 13.6 Å². The van der Waals surface area contributed by atoms with Gasteiger partial charge in [-0.15, -0.1) is 10.2 Å². The lowest BCUT2D eigenvalue weighted by atomic mass is 10.6. The summed E-state index contributed by atoms with van der Waals surface area (Å²) in [7, 11) is 1.70. The molecule has 0 aromatic carbocycles. The van der Waals surface area contributed by atoms with E-state index in [2.05, 4.69) is 10.2 Å². The van der Waals surface area contributed by atoms with Gasteiger partial charge in [-0.1, -0.05) is 11.3 Å². The number of rotatable bonds is 2. The Balaban J connectivity index is 2.27. The van der Waals surface area contributed by atoms with E-state index in [0.29, 0.717) is 11.7 Å². The number of aromatic nitrogens is 4. The summed E-state index contributed by atoms with van der Waals surface area (Å²) in [5, 5.41) is 8.66. The number of aryl methyl sites for hydroxylation is 1. The molecule has 0 saturated carbocycles. The van der Waals surface area contributed by atoms with Gasteiger partial charge in [-0.2, -0.15) is 0 Å². The number of nitrogens with two attached hydrogens (primary N) is 1. The molecule has 0 spiro atoms. The minimum absolute atomic E-state index is 0.0706. The molecular formula is C7H9N5OS. The van der Waals surface area contributed by atoms with Crippen LogP contribution in [0.3, 0.4) is 0 Å². The summed E-state index contributed by atoms with van der Waals surface area (Å²) in [6, 6.07) is 0. The molecule has 2 rings (SSSR count). The van der Waals surface area contributed by atoms with E-state index in [9.17, 15) is 4.79 Å². The fourth-order valence-electron chi connectivity index (χ4n) is 1.11. The molecule has 0 aliphatic heterocycles. The van der Waals surface area contributed by atoms with E-state index >= 15 is 0 Å². The van der Waals surface area contributed by atoms with Crippen molar-refractivity contribution < 1.29 is 0 Å². The van der Waals surface area contributed by atoms with Gasteiger partial charge in [0.2, 0.25) is 5.13 Å². The quantitative estimate of drug-likeness (QED) is 0.737. The van der Waals surface area contributed by atoms with Crippen molar-refractivity contribution in [1.82, 2.24) is 19.3 Å². The van der Waals surface area contributed by atoms with Crippen molar-refractivity contribution in [1.29, 1.82) is 0 Å². The second-order valence-electron chi connectivity index (χ2n) is 2.85. The summed E-state index contributed by atoms with van der Waals surface area (Å²) in [5.74, 6) is 0. The van der Waals surface area contributed by atoms with E-state index in [1.165, 1.54) is 15.9 Å². The third-order valence-corrected chi connectivity index (χ3v) is 2.54. The molecule has 2 heterocycles.